The first-order valence-corrected chi connectivity index (χ1v) is 9.47. The van der Waals surface area contributed by atoms with Crippen molar-refractivity contribution in [1.82, 2.24) is 0 Å². The van der Waals surface area contributed by atoms with Gasteiger partial charge in [-0.1, -0.05) is 13.8 Å². The van der Waals surface area contributed by atoms with E-state index in [2.05, 4.69) is 84.2 Å². The van der Waals surface area contributed by atoms with E-state index < -0.39 is 0 Å². The third kappa shape index (κ3) is 3.43. The fourth-order valence-electron chi connectivity index (χ4n) is 2.02. The Kier molecular flexibility index (Phi) is 5.33. The Labute approximate surface area is 162 Å². The zero-order valence-electron chi connectivity index (χ0n) is 11.2. The van der Waals surface area contributed by atoms with Crippen LogP contribution < -0.4 is 0 Å². The highest BCUT2D eigenvalue weighted by molar-refractivity contribution is 14.1. The Morgan fingerprint density at radius 2 is 1.19 bits per heavy atom. The Bertz CT molecular complexity index is 609. The fraction of sp³-hybridized carbons (Fsp3) is 0.200. The van der Waals surface area contributed by atoms with Crippen LogP contribution in [0.2, 0.25) is 0 Å². The number of phenolic OH excluding ortho intramolecular Hbond substituents is 2. The van der Waals surface area contributed by atoms with Crippen molar-refractivity contribution >= 4 is 70.4 Å². The van der Waals surface area contributed by atoms with Gasteiger partial charge in [0.25, 0.3) is 0 Å². The molecule has 2 aromatic rings. The number of hydrogen-bond acceptors (Lipinski definition) is 2. The summed E-state index contributed by atoms with van der Waals surface area (Å²) in [6.45, 7) is 4.21. The lowest BCUT2D eigenvalue weighted by Gasteiger charge is -2.27. The molecule has 2 nitrogen and oxygen atoms in total. The lowest BCUT2D eigenvalue weighted by atomic mass is 9.78. The summed E-state index contributed by atoms with van der Waals surface area (Å²) in [6, 6.07) is 7.71. The highest BCUT2D eigenvalue weighted by Gasteiger charge is 2.26. The van der Waals surface area contributed by atoms with Gasteiger partial charge in [0, 0.05) is 5.41 Å². The molecule has 0 fully saturated rings. The number of aromatic hydroxyl groups is 2. The van der Waals surface area contributed by atoms with Crippen molar-refractivity contribution in [3.8, 4) is 11.5 Å². The summed E-state index contributed by atoms with van der Waals surface area (Å²) in [5.41, 5.74) is 1.84. The molecule has 0 aliphatic rings. The minimum Gasteiger partial charge on any atom is -0.506 e. The molecule has 21 heavy (non-hydrogen) atoms. The molecule has 112 valence electrons. The lowest BCUT2D eigenvalue weighted by Crippen LogP contribution is -2.19. The van der Waals surface area contributed by atoms with E-state index in [1.807, 2.05) is 24.3 Å². The van der Waals surface area contributed by atoms with Crippen molar-refractivity contribution < 1.29 is 10.2 Å². The molecule has 0 saturated heterocycles. The van der Waals surface area contributed by atoms with Crippen LogP contribution >= 0.6 is 70.4 Å². The van der Waals surface area contributed by atoms with Crippen LogP contribution in [0, 0.1) is 3.57 Å². The van der Waals surface area contributed by atoms with Crippen molar-refractivity contribution in [2.75, 3.05) is 0 Å². The van der Waals surface area contributed by atoms with E-state index in [0.29, 0.717) is 13.4 Å². The molecule has 0 heterocycles. The third-order valence-corrected chi connectivity index (χ3v) is 6.11. The minimum atomic E-state index is -0.283. The van der Waals surface area contributed by atoms with Crippen LogP contribution in [0.25, 0.3) is 0 Å². The maximum absolute atomic E-state index is 9.89. The van der Waals surface area contributed by atoms with Crippen LogP contribution in [0.4, 0.5) is 0 Å². The molecule has 0 radical (unpaired) electrons. The van der Waals surface area contributed by atoms with Crippen LogP contribution in [0.5, 0.6) is 11.5 Å². The largest absolute Gasteiger partial charge is 0.506 e. The normalized spacial score (nSPS) is 11.7. The van der Waals surface area contributed by atoms with Gasteiger partial charge >= 0.3 is 0 Å². The van der Waals surface area contributed by atoms with Crippen molar-refractivity contribution in [3.63, 3.8) is 0 Å². The van der Waals surface area contributed by atoms with Crippen molar-refractivity contribution in [2.24, 2.45) is 0 Å². The first-order chi connectivity index (χ1) is 9.64. The smallest absolute Gasteiger partial charge is 0.143 e. The zero-order chi connectivity index (χ0) is 15.9. The predicted octanol–water partition coefficient (Wildman–Crippen LogP) is 6.32. The Hall–Kier alpha value is 0.210. The quantitative estimate of drug-likeness (QED) is 0.402. The van der Waals surface area contributed by atoms with Crippen molar-refractivity contribution in [2.45, 2.75) is 19.3 Å². The van der Waals surface area contributed by atoms with E-state index in [-0.39, 0.29) is 16.9 Å². The highest BCUT2D eigenvalue weighted by Crippen LogP contribution is 2.42. The van der Waals surface area contributed by atoms with Crippen molar-refractivity contribution in [3.05, 3.63) is 52.4 Å². The van der Waals surface area contributed by atoms with E-state index in [1.54, 1.807) is 0 Å². The molecule has 6 heteroatoms. The molecule has 0 aliphatic heterocycles. The van der Waals surface area contributed by atoms with E-state index in [0.717, 1.165) is 14.7 Å². The zero-order valence-corrected chi connectivity index (χ0v) is 18.1. The predicted molar refractivity (Wildman–Crippen MR) is 104 cm³/mol. The standard InChI is InChI=1S/C15H12Br3IO2/c1-15(2,7-3-9(16)13(20)10(17)4-7)8-5-11(18)14(21)12(19)6-8/h3-6,20-21H,1-2H3. The van der Waals surface area contributed by atoms with Gasteiger partial charge in [-0.15, -0.1) is 0 Å². The van der Waals surface area contributed by atoms with E-state index in [9.17, 15) is 10.2 Å². The molecule has 0 unspecified atom stereocenters. The minimum absolute atomic E-state index is 0.191. The van der Waals surface area contributed by atoms with Crippen LogP contribution in [0.15, 0.2) is 37.7 Å². The molecule has 0 saturated carbocycles. The van der Waals surface area contributed by atoms with E-state index >= 15 is 0 Å². The molecule has 0 aromatic heterocycles. The third-order valence-electron chi connectivity index (χ3n) is 3.48. The van der Waals surface area contributed by atoms with Gasteiger partial charge in [-0.2, -0.15) is 0 Å². The molecule has 0 amide bonds. The SMILES string of the molecule is CC(C)(c1cc(Br)c(O)c(Br)c1)c1cc(Br)c(O)c(I)c1. The van der Waals surface area contributed by atoms with Gasteiger partial charge in [0.1, 0.15) is 11.5 Å². The second kappa shape index (κ2) is 6.37. The monoisotopic (exact) mass is 588 g/mol. The molecule has 2 rings (SSSR count). The van der Waals surface area contributed by atoms with Gasteiger partial charge in [-0.25, -0.2) is 0 Å². The number of benzene rings is 2. The maximum Gasteiger partial charge on any atom is 0.143 e. The van der Waals surface area contributed by atoms with Crippen LogP contribution in [-0.2, 0) is 5.41 Å². The van der Waals surface area contributed by atoms with E-state index in [4.69, 9.17) is 0 Å². The summed E-state index contributed by atoms with van der Waals surface area (Å²) in [7, 11) is 0. The second-order valence-corrected chi connectivity index (χ2v) is 8.93. The molecule has 0 atom stereocenters. The lowest BCUT2D eigenvalue weighted by molar-refractivity contribution is 0.466. The number of rotatable bonds is 2. The maximum atomic E-state index is 9.89. The summed E-state index contributed by atoms with van der Waals surface area (Å²) in [5.74, 6) is 0.444. The molecule has 0 aliphatic carbocycles. The van der Waals surface area contributed by atoms with Crippen LogP contribution in [0.1, 0.15) is 25.0 Å². The van der Waals surface area contributed by atoms with Crippen molar-refractivity contribution in [1.29, 1.82) is 0 Å². The summed E-state index contributed by atoms with van der Waals surface area (Å²) in [6.07, 6.45) is 0. The van der Waals surface area contributed by atoms with Crippen LogP contribution in [-0.4, -0.2) is 10.2 Å². The second-order valence-electron chi connectivity index (χ2n) is 5.20. The molecule has 0 bridgehead atoms. The van der Waals surface area contributed by atoms with Crippen LogP contribution in [0.3, 0.4) is 0 Å². The average molecular weight is 591 g/mol. The Morgan fingerprint density at radius 3 is 1.62 bits per heavy atom. The van der Waals surface area contributed by atoms with Gasteiger partial charge in [0.2, 0.25) is 0 Å². The summed E-state index contributed by atoms with van der Waals surface area (Å²) in [4.78, 5) is 0. The number of hydrogen-bond donors (Lipinski definition) is 2. The molecular weight excluding hydrogens is 579 g/mol. The first-order valence-electron chi connectivity index (χ1n) is 6.01. The number of phenols is 2. The van der Waals surface area contributed by atoms with E-state index in [1.165, 1.54) is 0 Å². The molecule has 2 N–H and O–H groups in total. The first kappa shape index (κ1) is 17.6. The fourth-order valence-corrected chi connectivity index (χ4v) is 4.66. The highest BCUT2D eigenvalue weighted by atomic mass is 127. The summed E-state index contributed by atoms with van der Waals surface area (Å²) < 4.78 is 2.76. The topological polar surface area (TPSA) is 40.5 Å². The Balaban J connectivity index is 2.61. The molecular formula is C15H12Br3IO2. The molecule has 2 aromatic carbocycles. The number of halogens is 4. The van der Waals surface area contributed by atoms with Gasteiger partial charge < -0.3 is 10.2 Å². The van der Waals surface area contributed by atoms with Gasteiger partial charge in [0.05, 0.1) is 17.0 Å². The molecule has 0 spiro atoms. The van der Waals surface area contributed by atoms with Gasteiger partial charge in [-0.05, 0) is 106 Å². The summed E-state index contributed by atoms with van der Waals surface area (Å²) in [5, 5.41) is 19.7. The van der Waals surface area contributed by atoms with Gasteiger partial charge in [0.15, 0.2) is 0 Å². The summed E-state index contributed by atoms with van der Waals surface area (Å²) >= 11 is 12.2. The average Bonchev–Trinajstić information content (AvgIpc) is 2.40. The Morgan fingerprint density at radius 1 is 0.810 bits per heavy atom. The van der Waals surface area contributed by atoms with Gasteiger partial charge in [-0.3, -0.25) is 0 Å².